The molecule has 0 unspecified atom stereocenters. The number of nitrogens with one attached hydrogen (secondary N) is 1. The molecule has 0 aliphatic heterocycles. The maximum Gasteiger partial charge on any atom is 0.387 e. The van der Waals surface area contributed by atoms with E-state index in [-0.39, 0.29) is 11.5 Å². The molecule has 3 N–H and O–H groups in total. The van der Waals surface area contributed by atoms with E-state index in [0.717, 1.165) is 0 Å². The molecule has 0 bridgehead atoms. The predicted octanol–water partition coefficient (Wildman–Crippen LogP) is 1.97. The summed E-state index contributed by atoms with van der Waals surface area (Å²) < 4.78 is 33.7. The Morgan fingerprint density at radius 3 is 2.58 bits per heavy atom. The third-order valence-corrected chi connectivity index (χ3v) is 2.47. The van der Waals surface area contributed by atoms with Crippen molar-refractivity contribution in [2.24, 2.45) is 5.73 Å². The van der Waals surface area contributed by atoms with Gasteiger partial charge in [0, 0.05) is 11.8 Å². The molecule has 5 nitrogen and oxygen atoms in total. The summed E-state index contributed by atoms with van der Waals surface area (Å²) in [6.07, 6.45) is 0.479. The second kappa shape index (κ2) is 6.77. The van der Waals surface area contributed by atoms with Gasteiger partial charge in [0.1, 0.15) is 6.04 Å². The van der Waals surface area contributed by atoms with Gasteiger partial charge >= 0.3 is 6.61 Å². The van der Waals surface area contributed by atoms with Gasteiger partial charge in [-0.05, 0) is 18.6 Å². The monoisotopic (exact) mass is 274 g/mol. The zero-order chi connectivity index (χ0) is 14.4. The SMILES string of the molecule is CC[C@@H](Nc1ccc(OC)c(OC(F)F)c1)C(N)=O. The summed E-state index contributed by atoms with van der Waals surface area (Å²) in [6, 6.07) is 3.81. The number of carbonyl (C=O) groups is 1. The number of hydrogen-bond acceptors (Lipinski definition) is 4. The average Bonchev–Trinajstić information content (AvgIpc) is 2.35. The van der Waals surface area contributed by atoms with E-state index >= 15 is 0 Å². The molecule has 0 fully saturated rings. The fourth-order valence-electron chi connectivity index (χ4n) is 1.53. The Labute approximate surface area is 109 Å². The normalized spacial score (nSPS) is 12.1. The van der Waals surface area contributed by atoms with E-state index in [0.29, 0.717) is 12.1 Å². The van der Waals surface area contributed by atoms with Gasteiger partial charge in [0.25, 0.3) is 0 Å². The lowest BCUT2D eigenvalue weighted by Crippen LogP contribution is -2.34. The number of amides is 1. The quantitative estimate of drug-likeness (QED) is 0.797. The lowest BCUT2D eigenvalue weighted by molar-refractivity contribution is -0.118. The molecule has 7 heteroatoms. The molecule has 106 valence electrons. The van der Waals surface area contributed by atoms with Crippen LogP contribution in [0.2, 0.25) is 0 Å². The summed E-state index contributed by atoms with van der Waals surface area (Å²) in [4.78, 5) is 11.1. The number of methoxy groups -OCH3 is 1. The molecular weight excluding hydrogens is 258 g/mol. The molecule has 1 rings (SSSR count). The van der Waals surface area contributed by atoms with Crippen LogP contribution in [0.15, 0.2) is 18.2 Å². The molecular formula is C12H16F2N2O3. The number of rotatable bonds is 7. The molecule has 0 aromatic heterocycles. The van der Waals surface area contributed by atoms with Gasteiger partial charge in [-0.1, -0.05) is 6.92 Å². The summed E-state index contributed by atoms with van der Waals surface area (Å²) in [5, 5.41) is 2.84. The van der Waals surface area contributed by atoms with Gasteiger partial charge in [-0.3, -0.25) is 4.79 Å². The summed E-state index contributed by atoms with van der Waals surface area (Å²) in [7, 11) is 1.35. The van der Waals surface area contributed by atoms with E-state index in [9.17, 15) is 13.6 Å². The van der Waals surface area contributed by atoms with E-state index in [1.54, 1.807) is 13.0 Å². The van der Waals surface area contributed by atoms with Gasteiger partial charge in [0.15, 0.2) is 11.5 Å². The molecule has 1 aromatic rings. The first-order chi connectivity index (χ1) is 8.97. The van der Waals surface area contributed by atoms with Crippen LogP contribution in [0, 0.1) is 0 Å². The third kappa shape index (κ3) is 4.27. The Hall–Kier alpha value is -2.05. The second-order valence-electron chi connectivity index (χ2n) is 3.75. The number of carbonyl (C=O) groups excluding carboxylic acids is 1. The maximum absolute atomic E-state index is 12.3. The van der Waals surface area contributed by atoms with E-state index in [1.807, 2.05) is 0 Å². The van der Waals surface area contributed by atoms with Crippen molar-refractivity contribution in [3.05, 3.63) is 18.2 Å². The number of anilines is 1. The summed E-state index contributed by atoms with van der Waals surface area (Å²) in [5.41, 5.74) is 5.64. The Morgan fingerprint density at radius 1 is 1.42 bits per heavy atom. The van der Waals surface area contributed by atoms with Gasteiger partial charge in [0.2, 0.25) is 5.91 Å². The lowest BCUT2D eigenvalue weighted by atomic mass is 10.2. The van der Waals surface area contributed by atoms with Gasteiger partial charge in [-0.2, -0.15) is 8.78 Å². The zero-order valence-electron chi connectivity index (χ0n) is 10.7. The van der Waals surface area contributed by atoms with Gasteiger partial charge in [-0.15, -0.1) is 0 Å². The van der Waals surface area contributed by atoms with E-state index < -0.39 is 18.6 Å². The van der Waals surface area contributed by atoms with Crippen molar-refractivity contribution in [3.8, 4) is 11.5 Å². The molecule has 0 radical (unpaired) electrons. The number of primary amides is 1. The average molecular weight is 274 g/mol. The highest BCUT2D eigenvalue weighted by Gasteiger charge is 2.15. The largest absolute Gasteiger partial charge is 0.493 e. The van der Waals surface area contributed by atoms with Crippen LogP contribution >= 0.6 is 0 Å². The smallest absolute Gasteiger partial charge is 0.387 e. The van der Waals surface area contributed by atoms with Gasteiger partial charge in [0.05, 0.1) is 7.11 Å². The first-order valence-electron chi connectivity index (χ1n) is 5.66. The van der Waals surface area contributed by atoms with Crippen LogP contribution in [0.5, 0.6) is 11.5 Å². The summed E-state index contributed by atoms with van der Waals surface area (Å²) >= 11 is 0. The Balaban J connectivity index is 2.94. The van der Waals surface area contributed by atoms with Crippen LogP contribution in [0.25, 0.3) is 0 Å². The van der Waals surface area contributed by atoms with Crippen LogP contribution < -0.4 is 20.5 Å². The standard InChI is InChI=1S/C12H16F2N2O3/c1-3-8(11(15)17)16-7-4-5-9(18-2)10(6-7)19-12(13)14/h4-6,8,12,16H,3H2,1-2H3,(H2,15,17)/t8-/m1/s1. The van der Waals surface area contributed by atoms with Gasteiger partial charge < -0.3 is 20.5 Å². The van der Waals surface area contributed by atoms with Crippen LogP contribution in [0.4, 0.5) is 14.5 Å². The number of nitrogens with two attached hydrogens (primary N) is 1. The van der Waals surface area contributed by atoms with Crippen LogP contribution in [-0.4, -0.2) is 25.7 Å². The van der Waals surface area contributed by atoms with Crippen LogP contribution in [0.1, 0.15) is 13.3 Å². The lowest BCUT2D eigenvalue weighted by Gasteiger charge is -2.16. The third-order valence-electron chi connectivity index (χ3n) is 2.47. The Kier molecular flexibility index (Phi) is 5.35. The minimum atomic E-state index is -2.96. The molecule has 0 saturated heterocycles. The van der Waals surface area contributed by atoms with E-state index in [1.165, 1.54) is 19.2 Å². The summed E-state index contributed by atoms with van der Waals surface area (Å²) in [5.74, 6) is -0.450. The Morgan fingerprint density at radius 2 is 2.11 bits per heavy atom. The molecule has 0 heterocycles. The molecule has 1 atom stereocenters. The number of hydrogen-bond donors (Lipinski definition) is 2. The minimum absolute atomic E-state index is 0.109. The maximum atomic E-state index is 12.3. The van der Waals surface area contributed by atoms with Crippen molar-refractivity contribution in [2.45, 2.75) is 26.0 Å². The zero-order valence-corrected chi connectivity index (χ0v) is 10.7. The number of benzene rings is 1. The fraction of sp³-hybridized carbons (Fsp3) is 0.417. The molecule has 0 saturated carbocycles. The number of alkyl halides is 2. The first-order valence-corrected chi connectivity index (χ1v) is 5.66. The second-order valence-corrected chi connectivity index (χ2v) is 3.75. The van der Waals surface area contributed by atoms with Crippen molar-refractivity contribution in [3.63, 3.8) is 0 Å². The first kappa shape index (κ1) is 15.0. The molecule has 1 aromatic carbocycles. The molecule has 0 aliphatic carbocycles. The van der Waals surface area contributed by atoms with Crippen LogP contribution in [-0.2, 0) is 4.79 Å². The van der Waals surface area contributed by atoms with E-state index in [4.69, 9.17) is 10.5 Å². The Bertz CT molecular complexity index is 441. The highest BCUT2D eigenvalue weighted by molar-refractivity contribution is 5.83. The summed E-state index contributed by atoms with van der Waals surface area (Å²) in [6.45, 7) is -1.18. The fourth-order valence-corrected chi connectivity index (χ4v) is 1.53. The minimum Gasteiger partial charge on any atom is -0.493 e. The van der Waals surface area contributed by atoms with Crippen LogP contribution in [0.3, 0.4) is 0 Å². The van der Waals surface area contributed by atoms with Crippen molar-refractivity contribution >= 4 is 11.6 Å². The van der Waals surface area contributed by atoms with Crippen molar-refractivity contribution in [2.75, 3.05) is 12.4 Å². The van der Waals surface area contributed by atoms with Crippen molar-refractivity contribution in [1.29, 1.82) is 0 Å². The topological polar surface area (TPSA) is 73.6 Å². The molecule has 0 spiro atoms. The highest BCUT2D eigenvalue weighted by atomic mass is 19.3. The highest BCUT2D eigenvalue weighted by Crippen LogP contribution is 2.31. The number of halogens is 2. The molecule has 0 aliphatic rings. The number of ether oxygens (including phenoxy) is 2. The van der Waals surface area contributed by atoms with Gasteiger partial charge in [-0.25, -0.2) is 0 Å². The molecule has 19 heavy (non-hydrogen) atoms. The van der Waals surface area contributed by atoms with E-state index in [2.05, 4.69) is 10.1 Å². The van der Waals surface area contributed by atoms with Crippen molar-refractivity contribution in [1.82, 2.24) is 0 Å². The molecule has 1 amide bonds. The predicted molar refractivity (Wildman–Crippen MR) is 66.5 cm³/mol. The van der Waals surface area contributed by atoms with Crippen molar-refractivity contribution < 1.29 is 23.0 Å².